The molecular formula is C19H13N5O4. The van der Waals surface area contributed by atoms with Crippen LogP contribution < -0.4 is 5.43 Å². The van der Waals surface area contributed by atoms with Crippen LogP contribution in [-0.2, 0) is 0 Å². The number of carbonyl (C=O) groups excluding carboxylic acids is 1. The molecule has 0 unspecified atom stereocenters. The zero-order chi connectivity index (χ0) is 19.1. The summed E-state index contributed by atoms with van der Waals surface area (Å²) in [7, 11) is 0. The number of benzene rings is 1. The second-order valence-electron chi connectivity index (χ2n) is 6.42. The number of carbonyl (C=O) groups is 1. The van der Waals surface area contributed by atoms with Gasteiger partial charge in [0.15, 0.2) is 11.2 Å². The van der Waals surface area contributed by atoms with Crippen LogP contribution in [0.5, 0.6) is 0 Å². The number of rotatable bonds is 3. The topological polar surface area (TPSA) is 115 Å². The first kappa shape index (κ1) is 16.3. The fourth-order valence-electron chi connectivity index (χ4n) is 3.09. The summed E-state index contributed by atoms with van der Waals surface area (Å²) in [6.07, 6.45) is 4.66. The molecule has 0 spiro atoms. The maximum Gasteiger partial charge on any atom is 0.289 e. The number of hydrogen-bond donors (Lipinski definition) is 0. The standard InChI is InChI=1S/C19H13N5O4/c25-14-7-16(27-15-4-2-1-3-12(14)15)19(26)24-9-11(10-24)18-22-17(23-28-18)13-8-20-5-6-21-13/h1-8,11H,9-10H2. The average molecular weight is 375 g/mol. The molecular weight excluding hydrogens is 362 g/mol. The Hall–Kier alpha value is -3.88. The summed E-state index contributed by atoms with van der Waals surface area (Å²) in [5, 5.41) is 4.36. The minimum atomic E-state index is -0.340. The lowest BCUT2D eigenvalue weighted by Crippen LogP contribution is -2.48. The van der Waals surface area contributed by atoms with Gasteiger partial charge in [0, 0.05) is 31.5 Å². The van der Waals surface area contributed by atoms with E-state index in [9.17, 15) is 9.59 Å². The fraction of sp³-hybridized carbons (Fsp3) is 0.158. The molecule has 0 atom stereocenters. The van der Waals surface area contributed by atoms with Gasteiger partial charge in [0.25, 0.3) is 5.91 Å². The van der Waals surface area contributed by atoms with Crippen LogP contribution in [0.3, 0.4) is 0 Å². The Balaban J connectivity index is 1.31. The van der Waals surface area contributed by atoms with Gasteiger partial charge in [-0.3, -0.25) is 14.6 Å². The van der Waals surface area contributed by atoms with Crippen molar-refractivity contribution in [3.63, 3.8) is 0 Å². The van der Waals surface area contributed by atoms with Crippen molar-refractivity contribution < 1.29 is 13.7 Å². The zero-order valence-corrected chi connectivity index (χ0v) is 14.5. The van der Waals surface area contributed by atoms with E-state index in [1.807, 2.05) is 0 Å². The summed E-state index contributed by atoms with van der Waals surface area (Å²) < 4.78 is 10.9. The molecule has 1 saturated heterocycles. The van der Waals surface area contributed by atoms with E-state index >= 15 is 0 Å². The molecule has 0 radical (unpaired) electrons. The molecule has 1 aliphatic heterocycles. The van der Waals surface area contributed by atoms with E-state index in [-0.39, 0.29) is 23.0 Å². The Morgan fingerprint density at radius 1 is 1.18 bits per heavy atom. The van der Waals surface area contributed by atoms with Crippen molar-refractivity contribution in [2.45, 2.75) is 5.92 Å². The van der Waals surface area contributed by atoms with E-state index in [4.69, 9.17) is 8.94 Å². The predicted octanol–water partition coefficient (Wildman–Crippen LogP) is 1.87. The van der Waals surface area contributed by atoms with E-state index < -0.39 is 0 Å². The minimum Gasteiger partial charge on any atom is -0.451 e. The van der Waals surface area contributed by atoms with E-state index in [0.29, 0.717) is 41.5 Å². The van der Waals surface area contributed by atoms with Gasteiger partial charge < -0.3 is 13.8 Å². The first-order valence-corrected chi connectivity index (χ1v) is 8.61. The van der Waals surface area contributed by atoms with Crippen LogP contribution in [0.15, 0.2) is 62.7 Å². The molecule has 4 heterocycles. The Morgan fingerprint density at radius 3 is 2.86 bits per heavy atom. The van der Waals surface area contributed by atoms with Crippen LogP contribution in [-0.4, -0.2) is 44.0 Å². The third-order valence-corrected chi connectivity index (χ3v) is 4.60. The highest BCUT2D eigenvalue weighted by Crippen LogP contribution is 2.28. The van der Waals surface area contributed by atoms with Crippen molar-refractivity contribution in [1.82, 2.24) is 25.0 Å². The van der Waals surface area contributed by atoms with Crippen LogP contribution in [0, 0.1) is 0 Å². The maximum atomic E-state index is 12.6. The Kier molecular flexibility index (Phi) is 3.71. The molecule has 1 aliphatic rings. The van der Waals surface area contributed by atoms with Gasteiger partial charge in [-0.15, -0.1) is 0 Å². The molecule has 5 rings (SSSR count). The highest BCUT2D eigenvalue weighted by atomic mass is 16.5. The quantitative estimate of drug-likeness (QED) is 0.533. The number of likely N-dealkylation sites (tertiary alicyclic amines) is 1. The molecule has 9 heteroatoms. The van der Waals surface area contributed by atoms with Gasteiger partial charge in [0.1, 0.15) is 11.3 Å². The summed E-state index contributed by atoms with van der Waals surface area (Å²) in [6, 6.07) is 8.07. The molecule has 1 aromatic carbocycles. The molecule has 4 aromatic rings. The van der Waals surface area contributed by atoms with Gasteiger partial charge in [-0.05, 0) is 12.1 Å². The summed E-state index contributed by atoms with van der Waals surface area (Å²) in [4.78, 5) is 38.8. The van der Waals surface area contributed by atoms with Crippen molar-refractivity contribution in [2.24, 2.45) is 0 Å². The molecule has 28 heavy (non-hydrogen) atoms. The van der Waals surface area contributed by atoms with E-state index in [1.165, 1.54) is 6.07 Å². The molecule has 0 saturated carbocycles. The van der Waals surface area contributed by atoms with Crippen molar-refractivity contribution in [3.05, 3.63) is 70.8 Å². The Labute approximate surface area is 157 Å². The smallest absolute Gasteiger partial charge is 0.289 e. The molecule has 9 nitrogen and oxygen atoms in total. The number of aromatic nitrogens is 4. The molecule has 0 aliphatic carbocycles. The summed E-state index contributed by atoms with van der Waals surface area (Å²) >= 11 is 0. The van der Waals surface area contributed by atoms with Crippen LogP contribution in [0.4, 0.5) is 0 Å². The minimum absolute atomic E-state index is 0.0212. The second kappa shape index (κ2) is 6.38. The molecule has 1 amide bonds. The van der Waals surface area contributed by atoms with Gasteiger partial charge in [0.05, 0.1) is 17.5 Å². The highest BCUT2D eigenvalue weighted by molar-refractivity contribution is 5.93. The van der Waals surface area contributed by atoms with Crippen molar-refractivity contribution >= 4 is 16.9 Å². The van der Waals surface area contributed by atoms with Gasteiger partial charge in [0.2, 0.25) is 11.7 Å². The number of amides is 1. The number of nitrogens with zero attached hydrogens (tertiary/aromatic N) is 5. The van der Waals surface area contributed by atoms with Crippen molar-refractivity contribution in [1.29, 1.82) is 0 Å². The number of fused-ring (bicyclic) bond motifs is 1. The normalized spacial score (nSPS) is 14.2. The number of para-hydroxylation sites is 1. The van der Waals surface area contributed by atoms with E-state index in [1.54, 1.807) is 47.8 Å². The largest absolute Gasteiger partial charge is 0.451 e. The maximum absolute atomic E-state index is 12.6. The summed E-state index contributed by atoms with van der Waals surface area (Å²) in [6.45, 7) is 0.801. The third kappa shape index (κ3) is 2.73. The van der Waals surface area contributed by atoms with Gasteiger partial charge in [-0.2, -0.15) is 4.98 Å². The lowest BCUT2D eigenvalue weighted by Gasteiger charge is -2.36. The first-order valence-electron chi connectivity index (χ1n) is 8.61. The van der Waals surface area contributed by atoms with Crippen LogP contribution in [0.2, 0.25) is 0 Å². The zero-order valence-electron chi connectivity index (χ0n) is 14.5. The highest BCUT2D eigenvalue weighted by Gasteiger charge is 2.37. The van der Waals surface area contributed by atoms with Crippen molar-refractivity contribution in [3.8, 4) is 11.5 Å². The first-order chi connectivity index (χ1) is 13.7. The van der Waals surface area contributed by atoms with Gasteiger partial charge in [-0.25, -0.2) is 4.98 Å². The molecule has 3 aromatic heterocycles. The van der Waals surface area contributed by atoms with Gasteiger partial charge >= 0.3 is 0 Å². The molecule has 138 valence electrons. The molecule has 0 N–H and O–H groups in total. The van der Waals surface area contributed by atoms with Crippen LogP contribution in [0.25, 0.3) is 22.5 Å². The van der Waals surface area contributed by atoms with Gasteiger partial charge in [-0.1, -0.05) is 17.3 Å². The predicted molar refractivity (Wildman–Crippen MR) is 96.5 cm³/mol. The van der Waals surface area contributed by atoms with Crippen LogP contribution >= 0.6 is 0 Å². The van der Waals surface area contributed by atoms with Crippen molar-refractivity contribution in [2.75, 3.05) is 13.1 Å². The SMILES string of the molecule is O=C(c1cc(=O)c2ccccc2o1)N1CC(c2nc(-c3cnccn3)no2)C1. The van der Waals surface area contributed by atoms with E-state index in [2.05, 4.69) is 20.1 Å². The lowest BCUT2D eigenvalue weighted by atomic mass is 9.99. The van der Waals surface area contributed by atoms with E-state index in [0.717, 1.165) is 0 Å². The fourth-order valence-corrected chi connectivity index (χ4v) is 3.09. The Bertz CT molecular complexity index is 1230. The monoisotopic (exact) mass is 375 g/mol. The summed E-state index contributed by atoms with van der Waals surface area (Å²) in [5.41, 5.74) is 0.663. The number of hydrogen-bond acceptors (Lipinski definition) is 8. The molecule has 1 fully saturated rings. The van der Waals surface area contributed by atoms with Crippen LogP contribution in [0.1, 0.15) is 22.4 Å². The Morgan fingerprint density at radius 2 is 2.04 bits per heavy atom. The summed E-state index contributed by atoms with van der Waals surface area (Å²) in [5.74, 6) is 0.396. The average Bonchev–Trinajstić information content (AvgIpc) is 3.17. The second-order valence-corrected chi connectivity index (χ2v) is 6.42. The molecule has 0 bridgehead atoms. The third-order valence-electron chi connectivity index (χ3n) is 4.60. The lowest BCUT2D eigenvalue weighted by molar-refractivity contribution is 0.0537.